The second-order valence-corrected chi connectivity index (χ2v) is 6.02. The van der Waals surface area contributed by atoms with Crippen molar-refractivity contribution in [2.45, 2.75) is 24.6 Å². The van der Waals surface area contributed by atoms with Crippen LogP contribution in [-0.2, 0) is 5.60 Å². The number of aliphatic hydroxyl groups is 1. The van der Waals surface area contributed by atoms with E-state index in [4.69, 9.17) is 0 Å². The van der Waals surface area contributed by atoms with Crippen LogP contribution >= 0.6 is 15.9 Å². The van der Waals surface area contributed by atoms with Gasteiger partial charge in [0.1, 0.15) is 0 Å². The fourth-order valence-electron chi connectivity index (χ4n) is 2.40. The SMILES string of the molecule is Cc1ccccc1C(O)(c1cccc(Br)c1)C(F)(F)C(F)(F)F. The summed E-state index contributed by atoms with van der Waals surface area (Å²) < 4.78 is 67.9. The van der Waals surface area contributed by atoms with E-state index >= 15 is 0 Å². The molecule has 0 aliphatic heterocycles. The van der Waals surface area contributed by atoms with E-state index in [9.17, 15) is 27.1 Å². The highest BCUT2D eigenvalue weighted by atomic mass is 79.9. The molecule has 124 valence electrons. The summed E-state index contributed by atoms with van der Waals surface area (Å²) in [6.45, 7) is 1.37. The summed E-state index contributed by atoms with van der Waals surface area (Å²) in [5.41, 5.74) is -4.47. The Morgan fingerprint density at radius 2 is 1.52 bits per heavy atom. The summed E-state index contributed by atoms with van der Waals surface area (Å²) in [6, 6.07) is 10.1. The predicted octanol–water partition coefficient (Wildman–Crippen LogP) is 5.19. The van der Waals surface area contributed by atoms with E-state index in [1.807, 2.05) is 0 Å². The van der Waals surface area contributed by atoms with E-state index < -0.39 is 28.8 Å². The van der Waals surface area contributed by atoms with Crippen molar-refractivity contribution in [3.8, 4) is 0 Å². The van der Waals surface area contributed by atoms with Gasteiger partial charge in [0.05, 0.1) is 0 Å². The molecule has 0 radical (unpaired) electrons. The number of hydrogen-bond donors (Lipinski definition) is 1. The monoisotopic (exact) mass is 394 g/mol. The number of alkyl halides is 5. The topological polar surface area (TPSA) is 20.2 Å². The molecule has 0 fully saturated rings. The average Bonchev–Trinajstić information content (AvgIpc) is 2.45. The van der Waals surface area contributed by atoms with Gasteiger partial charge in [0.25, 0.3) is 0 Å². The van der Waals surface area contributed by atoms with Gasteiger partial charge in [0.15, 0.2) is 5.60 Å². The minimum absolute atomic E-state index is 0.124. The molecule has 0 spiro atoms. The van der Waals surface area contributed by atoms with E-state index in [1.165, 1.54) is 37.3 Å². The van der Waals surface area contributed by atoms with Crippen molar-refractivity contribution in [2.24, 2.45) is 0 Å². The van der Waals surface area contributed by atoms with Gasteiger partial charge in [-0.05, 0) is 35.7 Å². The normalized spacial score (nSPS) is 15.3. The Morgan fingerprint density at radius 1 is 0.913 bits per heavy atom. The Morgan fingerprint density at radius 3 is 2.04 bits per heavy atom. The fraction of sp³-hybridized carbons (Fsp3) is 0.250. The fourth-order valence-corrected chi connectivity index (χ4v) is 2.80. The maximum Gasteiger partial charge on any atom is 0.457 e. The lowest BCUT2D eigenvalue weighted by Gasteiger charge is -2.38. The maximum absolute atomic E-state index is 14.3. The summed E-state index contributed by atoms with van der Waals surface area (Å²) in [5, 5.41) is 10.6. The van der Waals surface area contributed by atoms with E-state index in [2.05, 4.69) is 15.9 Å². The van der Waals surface area contributed by atoms with Crippen molar-refractivity contribution in [2.75, 3.05) is 0 Å². The molecule has 0 aliphatic rings. The third-order valence-electron chi connectivity index (χ3n) is 3.59. The molecule has 0 aromatic heterocycles. The summed E-state index contributed by atoms with van der Waals surface area (Å²) >= 11 is 3.03. The second-order valence-electron chi connectivity index (χ2n) is 5.11. The van der Waals surface area contributed by atoms with Gasteiger partial charge in [-0.15, -0.1) is 0 Å². The molecule has 2 rings (SSSR count). The number of aryl methyl sites for hydroxylation is 1. The minimum Gasteiger partial charge on any atom is -0.374 e. The predicted molar refractivity (Wildman–Crippen MR) is 79.3 cm³/mol. The number of rotatable bonds is 3. The molecule has 0 aliphatic carbocycles. The van der Waals surface area contributed by atoms with Crippen molar-refractivity contribution >= 4 is 15.9 Å². The lowest BCUT2D eigenvalue weighted by molar-refractivity contribution is -0.336. The Labute approximate surface area is 137 Å². The van der Waals surface area contributed by atoms with Gasteiger partial charge >= 0.3 is 12.1 Å². The maximum atomic E-state index is 14.3. The van der Waals surface area contributed by atoms with Crippen LogP contribution in [0.25, 0.3) is 0 Å². The third-order valence-corrected chi connectivity index (χ3v) is 4.08. The van der Waals surface area contributed by atoms with Crippen LogP contribution in [0.4, 0.5) is 22.0 Å². The zero-order valence-corrected chi connectivity index (χ0v) is 13.4. The van der Waals surface area contributed by atoms with Gasteiger partial charge in [0, 0.05) is 4.47 Å². The standard InChI is InChI=1S/C16H12BrF5O/c1-10-5-2-3-8-13(10)14(23,15(18,19)16(20,21)22)11-6-4-7-12(17)9-11/h2-9,23H,1H3. The zero-order chi connectivity index (χ0) is 17.5. The minimum atomic E-state index is -5.92. The van der Waals surface area contributed by atoms with Gasteiger partial charge in [0.2, 0.25) is 0 Å². The molecule has 0 bridgehead atoms. The third kappa shape index (κ3) is 2.87. The van der Waals surface area contributed by atoms with Gasteiger partial charge in [-0.3, -0.25) is 0 Å². The molecule has 2 aromatic carbocycles. The van der Waals surface area contributed by atoms with Crippen LogP contribution in [0.15, 0.2) is 53.0 Å². The van der Waals surface area contributed by atoms with Crippen molar-refractivity contribution < 1.29 is 27.1 Å². The lowest BCUT2D eigenvalue weighted by Crippen LogP contribution is -2.55. The number of hydrogen-bond acceptors (Lipinski definition) is 1. The molecule has 0 amide bonds. The van der Waals surface area contributed by atoms with E-state index in [0.29, 0.717) is 0 Å². The average molecular weight is 395 g/mol. The molecule has 1 unspecified atom stereocenters. The van der Waals surface area contributed by atoms with Gasteiger partial charge < -0.3 is 5.11 Å². The molecule has 2 aromatic rings. The molecule has 0 heterocycles. The quantitative estimate of drug-likeness (QED) is 0.710. The largest absolute Gasteiger partial charge is 0.457 e. The lowest BCUT2D eigenvalue weighted by atomic mass is 9.78. The molecule has 7 heteroatoms. The van der Waals surface area contributed by atoms with Crippen LogP contribution < -0.4 is 0 Å². The van der Waals surface area contributed by atoms with E-state index in [0.717, 1.165) is 18.2 Å². The molecular weight excluding hydrogens is 383 g/mol. The van der Waals surface area contributed by atoms with Crippen LogP contribution in [0.3, 0.4) is 0 Å². The summed E-state index contributed by atoms with van der Waals surface area (Å²) in [7, 11) is 0. The zero-order valence-electron chi connectivity index (χ0n) is 11.8. The molecule has 23 heavy (non-hydrogen) atoms. The van der Waals surface area contributed by atoms with Gasteiger partial charge in [-0.1, -0.05) is 52.3 Å². The molecule has 0 saturated heterocycles. The highest BCUT2D eigenvalue weighted by Crippen LogP contribution is 2.52. The molecule has 1 atom stereocenters. The molecule has 0 saturated carbocycles. The highest BCUT2D eigenvalue weighted by Gasteiger charge is 2.71. The van der Waals surface area contributed by atoms with Crippen molar-refractivity contribution in [1.82, 2.24) is 0 Å². The van der Waals surface area contributed by atoms with Crippen molar-refractivity contribution in [3.05, 3.63) is 69.7 Å². The van der Waals surface area contributed by atoms with Crippen LogP contribution in [0.2, 0.25) is 0 Å². The van der Waals surface area contributed by atoms with Crippen LogP contribution in [0, 0.1) is 6.92 Å². The summed E-state index contributed by atoms with van der Waals surface area (Å²) in [5.74, 6) is -5.38. The van der Waals surface area contributed by atoms with E-state index in [1.54, 1.807) is 0 Å². The molecular formula is C16H12BrF5O. The van der Waals surface area contributed by atoms with Crippen LogP contribution in [0.5, 0.6) is 0 Å². The first-order valence-corrected chi connectivity index (χ1v) is 7.30. The second kappa shape index (κ2) is 5.87. The first kappa shape index (κ1) is 17.9. The van der Waals surface area contributed by atoms with Crippen LogP contribution in [0.1, 0.15) is 16.7 Å². The first-order chi connectivity index (χ1) is 10.5. The van der Waals surface area contributed by atoms with Crippen molar-refractivity contribution in [3.63, 3.8) is 0 Å². The Bertz CT molecular complexity index is 714. The van der Waals surface area contributed by atoms with E-state index in [-0.39, 0.29) is 10.0 Å². The molecule has 1 nitrogen and oxygen atoms in total. The highest BCUT2D eigenvalue weighted by molar-refractivity contribution is 9.10. The Kier molecular flexibility index (Phi) is 4.56. The summed E-state index contributed by atoms with van der Waals surface area (Å²) in [6.07, 6.45) is -5.92. The summed E-state index contributed by atoms with van der Waals surface area (Å²) in [4.78, 5) is 0. The smallest absolute Gasteiger partial charge is 0.374 e. The number of halogens is 6. The first-order valence-electron chi connectivity index (χ1n) is 6.51. The molecule has 1 N–H and O–H groups in total. The number of benzene rings is 2. The van der Waals surface area contributed by atoms with Gasteiger partial charge in [-0.25, -0.2) is 0 Å². The van der Waals surface area contributed by atoms with Crippen molar-refractivity contribution in [1.29, 1.82) is 0 Å². The van der Waals surface area contributed by atoms with Gasteiger partial charge in [-0.2, -0.15) is 22.0 Å². The van der Waals surface area contributed by atoms with Crippen LogP contribution in [-0.4, -0.2) is 17.2 Å². The Hall–Kier alpha value is -1.47. The Balaban J connectivity index is 2.83.